The molecule has 0 heterocycles. The number of Topliss-reactive ketones (excluding diaryl/α,β-unsaturated/α-hetero) is 1. The second kappa shape index (κ2) is 10.4. The largest absolute Gasteiger partial charge is 0.484 e. The predicted molar refractivity (Wildman–Crippen MR) is 105 cm³/mol. The van der Waals surface area contributed by atoms with E-state index in [-0.39, 0.29) is 18.1 Å². The smallest absolute Gasteiger partial charge is 0.329 e. The molecule has 2 aromatic carbocycles. The molecule has 0 bridgehead atoms. The Hall–Kier alpha value is -3.22. The molecule has 0 spiro atoms. The predicted octanol–water partition coefficient (Wildman–Crippen LogP) is 3.16. The first-order valence-electron chi connectivity index (χ1n) is 9.25. The standard InChI is InChI=1S/C22H24FNO5/c1-14(2)20(24-19(25)13-28-18-7-5-4-6-8-18)22(27)29-15(3)21(26)16-9-11-17(23)12-10-16/h4-12,14-15,20H,13H2,1-3H3,(H,24,25)/t15-,20+/m1/s1. The van der Waals surface area contributed by atoms with E-state index in [4.69, 9.17) is 9.47 Å². The average Bonchev–Trinajstić information content (AvgIpc) is 2.70. The van der Waals surface area contributed by atoms with E-state index in [0.717, 1.165) is 12.1 Å². The molecular weight excluding hydrogens is 377 g/mol. The highest BCUT2D eigenvalue weighted by atomic mass is 19.1. The maximum Gasteiger partial charge on any atom is 0.329 e. The van der Waals surface area contributed by atoms with Gasteiger partial charge in [0.1, 0.15) is 17.6 Å². The highest BCUT2D eigenvalue weighted by Crippen LogP contribution is 2.12. The highest BCUT2D eigenvalue weighted by Gasteiger charge is 2.29. The first kappa shape index (κ1) is 22.1. The third kappa shape index (κ3) is 6.71. The minimum atomic E-state index is -1.08. The monoisotopic (exact) mass is 401 g/mol. The average molecular weight is 401 g/mol. The zero-order valence-corrected chi connectivity index (χ0v) is 16.6. The highest BCUT2D eigenvalue weighted by molar-refractivity contribution is 6.00. The van der Waals surface area contributed by atoms with Gasteiger partial charge in [-0.15, -0.1) is 0 Å². The van der Waals surface area contributed by atoms with Crippen molar-refractivity contribution >= 4 is 17.7 Å². The Morgan fingerprint density at radius 2 is 1.59 bits per heavy atom. The van der Waals surface area contributed by atoms with Gasteiger partial charge in [0.05, 0.1) is 0 Å². The van der Waals surface area contributed by atoms with Crippen LogP contribution in [0.15, 0.2) is 54.6 Å². The Kier molecular flexibility index (Phi) is 7.88. The van der Waals surface area contributed by atoms with Crippen LogP contribution in [0.4, 0.5) is 4.39 Å². The molecule has 2 atom stereocenters. The van der Waals surface area contributed by atoms with Crippen LogP contribution in [-0.4, -0.2) is 36.4 Å². The van der Waals surface area contributed by atoms with Gasteiger partial charge in [-0.1, -0.05) is 32.0 Å². The summed E-state index contributed by atoms with van der Waals surface area (Å²) in [6.45, 7) is 4.67. The first-order valence-corrected chi connectivity index (χ1v) is 9.25. The normalized spacial score (nSPS) is 12.7. The Morgan fingerprint density at radius 1 is 0.966 bits per heavy atom. The molecule has 0 saturated carbocycles. The van der Waals surface area contributed by atoms with E-state index in [9.17, 15) is 18.8 Å². The quantitative estimate of drug-likeness (QED) is 0.516. The number of para-hydroxylation sites is 1. The molecule has 0 fully saturated rings. The van der Waals surface area contributed by atoms with Crippen LogP contribution < -0.4 is 10.1 Å². The van der Waals surface area contributed by atoms with Crippen molar-refractivity contribution in [1.82, 2.24) is 5.32 Å². The van der Waals surface area contributed by atoms with Gasteiger partial charge in [0.25, 0.3) is 5.91 Å². The number of rotatable bonds is 9. The second-order valence-electron chi connectivity index (χ2n) is 6.84. The fourth-order valence-corrected chi connectivity index (χ4v) is 2.53. The number of ketones is 1. The van der Waals surface area contributed by atoms with E-state index in [2.05, 4.69) is 5.32 Å². The lowest BCUT2D eigenvalue weighted by Crippen LogP contribution is -2.48. The van der Waals surface area contributed by atoms with Crippen molar-refractivity contribution in [2.75, 3.05) is 6.61 Å². The lowest BCUT2D eigenvalue weighted by molar-refractivity contribution is -0.151. The molecule has 0 aliphatic carbocycles. The van der Waals surface area contributed by atoms with Crippen LogP contribution in [0.25, 0.3) is 0 Å². The molecule has 0 aliphatic rings. The van der Waals surface area contributed by atoms with Crippen LogP contribution in [0.1, 0.15) is 31.1 Å². The second-order valence-corrected chi connectivity index (χ2v) is 6.84. The molecule has 154 valence electrons. The zero-order valence-electron chi connectivity index (χ0n) is 16.6. The Balaban J connectivity index is 1.93. The Morgan fingerprint density at radius 3 is 2.17 bits per heavy atom. The van der Waals surface area contributed by atoms with Gasteiger partial charge < -0.3 is 14.8 Å². The van der Waals surface area contributed by atoms with Gasteiger partial charge in [-0.05, 0) is 49.2 Å². The number of carbonyl (C=O) groups is 3. The molecule has 29 heavy (non-hydrogen) atoms. The molecule has 1 N–H and O–H groups in total. The van der Waals surface area contributed by atoms with E-state index in [1.165, 1.54) is 19.1 Å². The van der Waals surface area contributed by atoms with Gasteiger partial charge in [0.15, 0.2) is 12.7 Å². The molecule has 0 aromatic heterocycles. The van der Waals surface area contributed by atoms with Crippen LogP contribution in [0.2, 0.25) is 0 Å². The minimum absolute atomic E-state index is 0.230. The molecule has 1 amide bonds. The van der Waals surface area contributed by atoms with E-state index >= 15 is 0 Å². The molecule has 0 aliphatic heterocycles. The molecule has 0 saturated heterocycles. The van der Waals surface area contributed by atoms with Gasteiger partial charge in [-0.25, -0.2) is 9.18 Å². The maximum atomic E-state index is 13.0. The Labute approximate surface area is 169 Å². The van der Waals surface area contributed by atoms with E-state index in [1.807, 2.05) is 6.07 Å². The van der Waals surface area contributed by atoms with Crippen LogP contribution in [0.5, 0.6) is 5.75 Å². The maximum absolute atomic E-state index is 13.0. The summed E-state index contributed by atoms with van der Waals surface area (Å²) in [5.41, 5.74) is 0.230. The van der Waals surface area contributed by atoms with Crippen molar-refractivity contribution < 1.29 is 28.2 Å². The van der Waals surface area contributed by atoms with Gasteiger partial charge in [-0.3, -0.25) is 9.59 Å². The van der Waals surface area contributed by atoms with Crippen molar-refractivity contribution in [2.24, 2.45) is 5.92 Å². The molecule has 7 heteroatoms. The number of halogens is 1. The van der Waals surface area contributed by atoms with Gasteiger partial charge in [0.2, 0.25) is 5.78 Å². The summed E-state index contributed by atoms with van der Waals surface area (Å²) in [6, 6.07) is 12.8. The van der Waals surface area contributed by atoms with E-state index in [0.29, 0.717) is 5.75 Å². The van der Waals surface area contributed by atoms with Gasteiger partial charge in [0, 0.05) is 5.56 Å². The summed E-state index contributed by atoms with van der Waals surface area (Å²) in [6.07, 6.45) is -1.08. The first-order chi connectivity index (χ1) is 13.8. The van der Waals surface area contributed by atoms with E-state index < -0.39 is 35.6 Å². The number of esters is 1. The van der Waals surface area contributed by atoms with E-state index in [1.54, 1.807) is 38.1 Å². The molecule has 2 aromatic rings. The molecule has 2 rings (SSSR count). The topological polar surface area (TPSA) is 81.7 Å². The van der Waals surface area contributed by atoms with Crippen LogP contribution >= 0.6 is 0 Å². The summed E-state index contributed by atoms with van der Waals surface area (Å²) in [5, 5.41) is 2.58. The number of benzene rings is 2. The number of ether oxygens (including phenoxy) is 2. The summed E-state index contributed by atoms with van der Waals surface area (Å²) >= 11 is 0. The molecule has 0 unspecified atom stereocenters. The molecular formula is C22H24FNO5. The zero-order chi connectivity index (χ0) is 21.4. The summed E-state index contributed by atoms with van der Waals surface area (Å²) in [5.74, 6) is -1.87. The van der Waals surface area contributed by atoms with Crippen molar-refractivity contribution in [3.8, 4) is 5.75 Å². The summed E-state index contributed by atoms with van der Waals surface area (Å²) in [7, 11) is 0. The van der Waals surface area contributed by atoms with Crippen molar-refractivity contribution in [1.29, 1.82) is 0 Å². The number of hydrogen-bond acceptors (Lipinski definition) is 5. The van der Waals surface area contributed by atoms with Crippen molar-refractivity contribution in [2.45, 2.75) is 32.9 Å². The fraction of sp³-hybridized carbons (Fsp3) is 0.318. The van der Waals surface area contributed by atoms with Crippen LogP contribution in [-0.2, 0) is 14.3 Å². The third-order valence-corrected chi connectivity index (χ3v) is 4.14. The summed E-state index contributed by atoms with van der Waals surface area (Å²) in [4.78, 5) is 37.0. The minimum Gasteiger partial charge on any atom is -0.484 e. The van der Waals surface area contributed by atoms with Crippen molar-refractivity contribution in [3.63, 3.8) is 0 Å². The SMILES string of the molecule is CC(C)[C@H](NC(=O)COc1ccccc1)C(=O)O[C@H](C)C(=O)c1ccc(F)cc1. The fourth-order valence-electron chi connectivity index (χ4n) is 2.53. The Bertz CT molecular complexity index is 836. The van der Waals surface area contributed by atoms with Gasteiger partial charge in [-0.2, -0.15) is 0 Å². The number of carbonyl (C=O) groups excluding carboxylic acids is 3. The van der Waals surface area contributed by atoms with Gasteiger partial charge >= 0.3 is 5.97 Å². The molecule has 0 radical (unpaired) electrons. The summed E-state index contributed by atoms with van der Waals surface area (Å²) < 4.78 is 23.6. The number of nitrogens with one attached hydrogen (secondary N) is 1. The number of hydrogen-bond donors (Lipinski definition) is 1. The van der Waals surface area contributed by atoms with Crippen molar-refractivity contribution in [3.05, 3.63) is 66.0 Å². The molecule has 6 nitrogen and oxygen atoms in total. The lowest BCUT2D eigenvalue weighted by Gasteiger charge is -2.23. The third-order valence-electron chi connectivity index (χ3n) is 4.14. The van der Waals surface area contributed by atoms with Crippen LogP contribution in [0, 0.1) is 11.7 Å². The van der Waals surface area contributed by atoms with Crippen LogP contribution in [0.3, 0.4) is 0 Å². The number of amides is 1. The lowest BCUT2D eigenvalue weighted by atomic mass is 10.0.